The van der Waals surface area contributed by atoms with E-state index in [2.05, 4.69) is 25.0 Å². The summed E-state index contributed by atoms with van der Waals surface area (Å²) in [5, 5.41) is 6.19. The van der Waals surface area contributed by atoms with Crippen LogP contribution in [0.3, 0.4) is 0 Å². The molecule has 6 nitrogen and oxygen atoms in total. The molecule has 0 bridgehead atoms. The molecule has 0 atom stereocenters. The molecule has 0 aliphatic heterocycles. The van der Waals surface area contributed by atoms with Crippen LogP contribution < -0.4 is 5.32 Å². The summed E-state index contributed by atoms with van der Waals surface area (Å²) < 4.78 is 4.55. The van der Waals surface area contributed by atoms with Crippen molar-refractivity contribution in [1.82, 2.24) is 15.1 Å². The fourth-order valence-corrected chi connectivity index (χ4v) is 0.989. The Labute approximate surface area is 89.3 Å². The number of rotatable bonds is 2. The van der Waals surface area contributed by atoms with Crippen molar-refractivity contribution in [3.63, 3.8) is 0 Å². The third kappa shape index (κ3) is 2.29. The summed E-state index contributed by atoms with van der Waals surface area (Å²) >= 11 is 5.53. The van der Waals surface area contributed by atoms with Crippen molar-refractivity contribution in [2.45, 2.75) is 0 Å². The highest BCUT2D eigenvalue weighted by Gasteiger charge is 2.08. The van der Waals surface area contributed by atoms with Gasteiger partial charge in [0.15, 0.2) is 0 Å². The predicted molar refractivity (Wildman–Crippen MR) is 51.5 cm³/mol. The van der Waals surface area contributed by atoms with Gasteiger partial charge in [0, 0.05) is 0 Å². The van der Waals surface area contributed by atoms with E-state index in [-0.39, 0.29) is 10.8 Å². The molecule has 0 saturated heterocycles. The monoisotopic (exact) mass is 224 g/mol. The van der Waals surface area contributed by atoms with Crippen LogP contribution in [0, 0.1) is 0 Å². The Bertz CT molecular complexity index is 454. The molecule has 2 rings (SSSR count). The van der Waals surface area contributed by atoms with Crippen molar-refractivity contribution < 1.29 is 9.32 Å². The zero-order valence-electron chi connectivity index (χ0n) is 7.35. The molecule has 0 radical (unpaired) electrons. The van der Waals surface area contributed by atoms with Gasteiger partial charge in [-0.2, -0.15) is 0 Å². The molecule has 0 saturated carbocycles. The molecule has 0 fully saturated rings. The molecular formula is C8H5ClN4O2. The molecule has 2 heterocycles. The normalized spacial score (nSPS) is 9.93. The van der Waals surface area contributed by atoms with E-state index in [1.165, 1.54) is 24.9 Å². The number of carbonyl (C=O) groups excluding carboxylic acids is 1. The van der Waals surface area contributed by atoms with Crippen LogP contribution in [0.4, 0.5) is 5.69 Å². The van der Waals surface area contributed by atoms with E-state index >= 15 is 0 Å². The van der Waals surface area contributed by atoms with Gasteiger partial charge in [-0.05, 0) is 0 Å². The Kier molecular flexibility index (Phi) is 2.59. The molecule has 0 spiro atoms. The summed E-state index contributed by atoms with van der Waals surface area (Å²) in [5.41, 5.74) is 0.623. The first-order valence-corrected chi connectivity index (χ1v) is 4.32. The summed E-state index contributed by atoms with van der Waals surface area (Å²) in [6.45, 7) is 0. The molecule has 76 valence electrons. The van der Waals surface area contributed by atoms with Crippen LogP contribution >= 0.6 is 11.6 Å². The second-order valence-electron chi connectivity index (χ2n) is 2.59. The molecule has 1 N–H and O–H groups in total. The maximum atomic E-state index is 11.5. The lowest BCUT2D eigenvalue weighted by Crippen LogP contribution is -2.13. The van der Waals surface area contributed by atoms with Crippen LogP contribution in [-0.4, -0.2) is 21.0 Å². The van der Waals surface area contributed by atoms with E-state index in [1.807, 2.05) is 0 Å². The first kappa shape index (κ1) is 9.60. The molecule has 2 aromatic heterocycles. The first-order valence-electron chi connectivity index (χ1n) is 3.94. The average Bonchev–Trinajstić information content (AvgIpc) is 2.71. The van der Waals surface area contributed by atoms with Crippen LogP contribution in [0.2, 0.25) is 5.15 Å². The van der Waals surface area contributed by atoms with Gasteiger partial charge in [-0.15, -0.1) is 0 Å². The Morgan fingerprint density at radius 3 is 2.80 bits per heavy atom. The first-order chi connectivity index (χ1) is 7.25. The third-order valence-corrected chi connectivity index (χ3v) is 1.74. The van der Waals surface area contributed by atoms with Crippen molar-refractivity contribution in [3.05, 3.63) is 35.7 Å². The molecule has 0 aliphatic rings. The van der Waals surface area contributed by atoms with Gasteiger partial charge in [0.1, 0.15) is 22.8 Å². The van der Waals surface area contributed by atoms with Gasteiger partial charge >= 0.3 is 0 Å². The second kappa shape index (κ2) is 4.05. The van der Waals surface area contributed by atoms with E-state index in [4.69, 9.17) is 11.6 Å². The number of carbonyl (C=O) groups is 1. The SMILES string of the molecule is O=C(Nc1cnoc1)c1cnc(Cl)cn1. The minimum atomic E-state index is -0.401. The standard InChI is InChI=1S/C8H5ClN4O2/c9-7-3-10-6(2-11-7)8(14)13-5-1-12-15-4-5/h1-4H,(H,13,14). The number of amides is 1. The number of aromatic nitrogens is 3. The number of halogens is 1. The largest absolute Gasteiger partial charge is 0.363 e. The molecule has 1 amide bonds. The quantitative estimate of drug-likeness (QED) is 0.833. The fourth-order valence-electron chi connectivity index (χ4n) is 0.891. The highest BCUT2D eigenvalue weighted by atomic mass is 35.5. The second-order valence-corrected chi connectivity index (χ2v) is 2.98. The van der Waals surface area contributed by atoms with Gasteiger partial charge in [0.05, 0.1) is 18.6 Å². The number of nitrogens with one attached hydrogen (secondary N) is 1. The predicted octanol–water partition coefficient (Wildman–Crippen LogP) is 1.37. The van der Waals surface area contributed by atoms with Crippen molar-refractivity contribution in [3.8, 4) is 0 Å². The Morgan fingerprint density at radius 2 is 2.20 bits per heavy atom. The Hall–Kier alpha value is -1.95. The summed E-state index contributed by atoms with van der Waals surface area (Å²) in [5.74, 6) is -0.401. The van der Waals surface area contributed by atoms with Gasteiger partial charge < -0.3 is 9.84 Å². The molecule has 0 aliphatic carbocycles. The van der Waals surface area contributed by atoms with E-state index in [9.17, 15) is 4.79 Å². The van der Waals surface area contributed by atoms with Gasteiger partial charge in [0.25, 0.3) is 5.91 Å². The zero-order chi connectivity index (χ0) is 10.7. The lowest BCUT2D eigenvalue weighted by Gasteiger charge is -1.99. The number of anilines is 1. The molecule has 0 unspecified atom stereocenters. The lowest BCUT2D eigenvalue weighted by molar-refractivity contribution is 0.102. The highest BCUT2D eigenvalue weighted by molar-refractivity contribution is 6.29. The minimum absolute atomic E-state index is 0.167. The number of hydrogen-bond acceptors (Lipinski definition) is 5. The van der Waals surface area contributed by atoms with Crippen LogP contribution in [0.5, 0.6) is 0 Å². The van der Waals surface area contributed by atoms with Crippen molar-refractivity contribution in [2.24, 2.45) is 0 Å². The number of nitrogens with zero attached hydrogens (tertiary/aromatic N) is 3. The van der Waals surface area contributed by atoms with Gasteiger partial charge in [-0.3, -0.25) is 4.79 Å². The maximum absolute atomic E-state index is 11.5. The Balaban J connectivity index is 2.11. The molecule has 2 aromatic rings. The summed E-state index contributed by atoms with van der Waals surface area (Å²) in [4.78, 5) is 19.0. The van der Waals surface area contributed by atoms with E-state index in [1.54, 1.807) is 0 Å². The summed E-state index contributed by atoms with van der Waals surface area (Å²) in [7, 11) is 0. The van der Waals surface area contributed by atoms with E-state index in [0.29, 0.717) is 5.69 Å². The zero-order valence-corrected chi connectivity index (χ0v) is 8.10. The van der Waals surface area contributed by atoms with Crippen LogP contribution in [-0.2, 0) is 0 Å². The topological polar surface area (TPSA) is 80.9 Å². The Morgan fingerprint density at radius 1 is 1.33 bits per heavy atom. The minimum Gasteiger partial charge on any atom is -0.363 e. The van der Waals surface area contributed by atoms with Gasteiger partial charge in [-0.25, -0.2) is 9.97 Å². The summed E-state index contributed by atoms with van der Waals surface area (Å²) in [6, 6.07) is 0. The van der Waals surface area contributed by atoms with Crippen molar-refractivity contribution >= 4 is 23.2 Å². The van der Waals surface area contributed by atoms with Crippen LogP contribution in [0.25, 0.3) is 0 Å². The van der Waals surface area contributed by atoms with E-state index in [0.717, 1.165) is 0 Å². The lowest BCUT2D eigenvalue weighted by atomic mass is 10.4. The smallest absolute Gasteiger partial charge is 0.275 e. The summed E-state index contributed by atoms with van der Waals surface area (Å²) in [6.07, 6.45) is 5.26. The van der Waals surface area contributed by atoms with E-state index < -0.39 is 5.91 Å². The maximum Gasteiger partial charge on any atom is 0.275 e. The van der Waals surface area contributed by atoms with Gasteiger partial charge in [-0.1, -0.05) is 16.8 Å². The fraction of sp³-hybridized carbons (Fsp3) is 0. The molecular weight excluding hydrogens is 220 g/mol. The highest BCUT2D eigenvalue weighted by Crippen LogP contribution is 2.07. The van der Waals surface area contributed by atoms with Gasteiger partial charge in [0.2, 0.25) is 0 Å². The number of hydrogen-bond donors (Lipinski definition) is 1. The molecule has 0 aromatic carbocycles. The van der Waals surface area contributed by atoms with Crippen LogP contribution in [0.15, 0.2) is 29.4 Å². The molecule has 7 heteroatoms. The van der Waals surface area contributed by atoms with Crippen LogP contribution in [0.1, 0.15) is 10.5 Å². The van der Waals surface area contributed by atoms with Crippen molar-refractivity contribution in [1.29, 1.82) is 0 Å². The third-order valence-electron chi connectivity index (χ3n) is 1.54. The van der Waals surface area contributed by atoms with Crippen molar-refractivity contribution in [2.75, 3.05) is 5.32 Å². The average molecular weight is 225 g/mol. The molecule has 15 heavy (non-hydrogen) atoms.